The Kier molecular flexibility index (Phi) is 3.66. The summed E-state index contributed by atoms with van der Waals surface area (Å²) in [7, 11) is 0. The number of anilines is 1. The van der Waals surface area contributed by atoms with Crippen LogP contribution in [0.2, 0.25) is 0 Å². The van der Waals surface area contributed by atoms with Crippen molar-refractivity contribution in [2.45, 2.75) is 37.6 Å². The van der Waals surface area contributed by atoms with Crippen molar-refractivity contribution < 1.29 is 4.79 Å². The van der Waals surface area contributed by atoms with E-state index in [4.69, 9.17) is 5.73 Å². The minimum atomic E-state index is -0.335. The minimum Gasteiger partial charge on any atom is -0.325 e. The Morgan fingerprint density at radius 1 is 1.38 bits per heavy atom. The molecule has 0 radical (unpaired) electrons. The first-order valence-corrected chi connectivity index (χ1v) is 7.04. The fourth-order valence-corrected chi connectivity index (χ4v) is 2.70. The molecule has 1 fully saturated rings. The summed E-state index contributed by atoms with van der Waals surface area (Å²) in [5.41, 5.74) is 6.53. The highest BCUT2D eigenvalue weighted by Gasteiger charge is 2.31. The van der Waals surface area contributed by atoms with Gasteiger partial charge in [-0.2, -0.15) is 5.10 Å². The Morgan fingerprint density at radius 2 is 2.19 bits per heavy atom. The zero-order chi connectivity index (χ0) is 14.7. The second-order valence-electron chi connectivity index (χ2n) is 5.54. The molecule has 0 atom stereocenters. The van der Waals surface area contributed by atoms with Gasteiger partial charge in [0.1, 0.15) is 12.7 Å². The number of nitrogens with zero attached hydrogens (tertiary/aromatic N) is 4. The normalized spacial score (nSPS) is 16.8. The van der Waals surface area contributed by atoms with Crippen LogP contribution in [-0.4, -0.2) is 31.2 Å². The first-order valence-electron chi connectivity index (χ1n) is 7.04. The second kappa shape index (κ2) is 5.61. The number of amides is 1. The maximum atomic E-state index is 12.0. The van der Waals surface area contributed by atoms with E-state index in [-0.39, 0.29) is 11.4 Å². The van der Waals surface area contributed by atoms with Gasteiger partial charge in [-0.05, 0) is 25.0 Å². The molecular formula is C14H18N6O. The molecule has 0 unspecified atom stereocenters. The van der Waals surface area contributed by atoms with Gasteiger partial charge in [-0.15, -0.1) is 0 Å². The van der Waals surface area contributed by atoms with Gasteiger partial charge in [0.25, 0.3) is 0 Å². The van der Waals surface area contributed by atoms with Crippen molar-refractivity contribution in [3.8, 4) is 5.82 Å². The van der Waals surface area contributed by atoms with E-state index >= 15 is 0 Å². The quantitative estimate of drug-likeness (QED) is 0.881. The lowest BCUT2D eigenvalue weighted by molar-refractivity contribution is -0.117. The number of pyridine rings is 1. The van der Waals surface area contributed by atoms with Gasteiger partial charge in [-0.25, -0.2) is 14.6 Å². The molecule has 1 aliphatic carbocycles. The number of nitrogens with two attached hydrogens (primary N) is 1. The van der Waals surface area contributed by atoms with Gasteiger partial charge in [-0.1, -0.05) is 12.8 Å². The van der Waals surface area contributed by atoms with Crippen LogP contribution in [0.3, 0.4) is 0 Å². The van der Waals surface area contributed by atoms with E-state index in [1.54, 1.807) is 29.3 Å². The zero-order valence-corrected chi connectivity index (χ0v) is 11.7. The summed E-state index contributed by atoms with van der Waals surface area (Å²) in [6, 6.07) is 3.57. The Morgan fingerprint density at radius 3 is 2.81 bits per heavy atom. The molecule has 2 aromatic rings. The molecule has 2 heterocycles. The molecule has 1 amide bonds. The van der Waals surface area contributed by atoms with Crippen molar-refractivity contribution in [1.29, 1.82) is 0 Å². The number of hydrogen-bond donors (Lipinski definition) is 2. The minimum absolute atomic E-state index is 0.0605. The zero-order valence-electron chi connectivity index (χ0n) is 11.7. The number of carbonyl (C=O) groups excluding carboxylic acids is 1. The van der Waals surface area contributed by atoms with Crippen molar-refractivity contribution in [1.82, 2.24) is 19.7 Å². The fourth-order valence-electron chi connectivity index (χ4n) is 2.70. The predicted octanol–water partition coefficient (Wildman–Crippen LogP) is 1.26. The standard InChI is InChI=1S/C14H18N6O/c15-14(5-1-2-6-14)7-13(21)19-11-3-4-12(17-8-11)20-10-16-9-18-20/h3-4,8-10H,1-2,5-7,15H2,(H,19,21). The summed E-state index contributed by atoms with van der Waals surface area (Å²) >= 11 is 0. The fraction of sp³-hybridized carbons (Fsp3) is 0.429. The van der Waals surface area contributed by atoms with E-state index in [9.17, 15) is 4.79 Å². The maximum Gasteiger partial charge on any atom is 0.226 e. The van der Waals surface area contributed by atoms with Crippen LogP contribution in [0.15, 0.2) is 31.0 Å². The summed E-state index contributed by atoms with van der Waals surface area (Å²) in [4.78, 5) is 20.1. The molecule has 2 aromatic heterocycles. The summed E-state index contributed by atoms with van der Waals surface area (Å²) in [6.07, 6.45) is 9.03. The van der Waals surface area contributed by atoms with Crippen LogP contribution in [0, 0.1) is 0 Å². The second-order valence-corrected chi connectivity index (χ2v) is 5.54. The molecule has 0 aromatic carbocycles. The van der Waals surface area contributed by atoms with Crippen LogP contribution in [0.25, 0.3) is 5.82 Å². The van der Waals surface area contributed by atoms with Crippen molar-refractivity contribution in [3.05, 3.63) is 31.0 Å². The predicted molar refractivity (Wildman–Crippen MR) is 77.8 cm³/mol. The molecule has 0 aliphatic heterocycles. The van der Waals surface area contributed by atoms with Crippen LogP contribution in [-0.2, 0) is 4.79 Å². The first kappa shape index (κ1) is 13.7. The molecule has 1 aliphatic rings. The Hall–Kier alpha value is -2.28. The molecular weight excluding hydrogens is 268 g/mol. The lowest BCUT2D eigenvalue weighted by Gasteiger charge is -2.22. The van der Waals surface area contributed by atoms with E-state index in [1.165, 1.54) is 6.33 Å². The SMILES string of the molecule is NC1(CC(=O)Nc2ccc(-n3cncn3)nc2)CCCC1. The van der Waals surface area contributed by atoms with E-state index in [2.05, 4.69) is 20.4 Å². The van der Waals surface area contributed by atoms with Gasteiger partial charge in [0.05, 0.1) is 11.9 Å². The lowest BCUT2D eigenvalue weighted by atomic mass is 9.94. The van der Waals surface area contributed by atoms with Crippen molar-refractivity contribution in [2.75, 3.05) is 5.32 Å². The molecule has 0 bridgehead atoms. The molecule has 0 spiro atoms. The topological polar surface area (TPSA) is 98.7 Å². The first-order chi connectivity index (χ1) is 10.1. The summed E-state index contributed by atoms with van der Waals surface area (Å²) < 4.78 is 1.55. The van der Waals surface area contributed by atoms with Gasteiger partial charge in [0.15, 0.2) is 5.82 Å². The monoisotopic (exact) mass is 286 g/mol. The highest BCUT2D eigenvalue weighted by molar-refractivity contribution is 5.91. The van der Waals surface area contributed by atoms with Crippen LogP contribution < -0.4 is 11.1 Å². The molecule has 110 valence electrons. The number of rotatable bonds is 4. The molecule has 21 heavy (non-hydrogen) atoms. The molecule has 7 nitrogen and oxygen atoms in total. The average Bonchev–Trinajstić information content (AvgIpc) is 3.11. The number of carbonyl (C=O) groups is 1. The van der Waals surface area contributed by atoms with E-state index in [0.29, 0.717) is 17.9 Å². The van der Waals surface area contributed by atoms with Gasteiger partial charge in [0, 0.05) is 12.0 Å². The van der Waals surface area contributed by atoms with E-state index in [0.717, 1.165) is 25.7 Å². The Bertz CT molecular complexity index is 601. The van der Waals surface area contributed by atoms with Gasteiger partial charge < -0.3 is 11.1 Å². The van der Waals surface area contributed by atoms with Gasteiger partial charge >= 0.3 is 0 Å². The number of nitrogens with one attached hydrogen (secondary N) is 1. The van der Waals surface area contributed by atoms with Crippen molar-refractivity contribution in [3.63, 3.8) is 0 Å². The third-order valence-corrected chi connectivity index (χ3v) is 3.80. The molecule has 3 N–H and O–H groups in total. The van der Waals surface area contributed by atoms with Crippen molar-refractivity contribution >= 4 is 11.6 Å². The Labute approximate surface area is 122 Å². The van der Waals surface area contributed by atoms with E-state index in [1.807, 2.05) is 0 Å². The van der Waals surface area contributed by atoms with Crippen molar-refractivity contribution in [2.24, 2.45) is 5.73 Å². The largest absolute Gasteiger partial charge is 0.325 e. The molecule has 0 saturated heterocycles. The third-order valence-electron chi connectivity index (χ3n) is 3.80. The highest BCUT2D eigenvalue weighted by Crippen LogP contribution is 2.30. The van der Waals surface area contributed by atoms with E-state index < -0.39 is 0 Å². The highest BCUT2D eigenvalue weighted by atomic mass is 16.1. The summed E-state index contributed by atoms with van der Waals surface area (Å²) in [5.74, 6) is 0.589. The van der Waals surface area contributed by atoms with Gasteiger partial charge in [0.2, 0.25) is 5.91 Å². The lowest BCUT2D eigenvalue weighted by Crippen LogP contribution is -2.40. The molecule has 1 saturated carbocycles. The number of aromatic nitrogens is 4. The smallest absolute Gasteiger partial charge is 0.226 e. The maximum absolute atomic E-state index is 12.0. The Balaban J connectivity index is 1.61. The van der Waals surface area contributed by atoms with Gasteiger partial charge in [-0.3, -0.25) is 4.79 Å². The molecule has 3 rings (SSSR count). The van der Waals surface area contributed by atoms with Crippen LogP contribution in [0.4, 0.5) is 5.69 Å². The number of hydrogen-bond acceptors (Lipinski definition) is 5. The third kappa shape index (κ3) is 3.25. The van der Waals surface area contributed by atoms with Crippen LogP contribution in [0.1, 0.15) is 32.1 Å². The summed E-state index contributed by atoms with van der Waals surface area (Å²) in [6.45, 7) is 0. The van der Waals surface area contributed by atoms with Crippen LogP contribution >= 0.6 is 0 Å². The molecule has 7 heteroatoms. The van der Waals surface area contributed by atoms with Crippen LogP contribution in [0.5, 0.6) is 0 Å². The average molecular weight is 286 g/mol. The summed E-state index contributed by atoms with van der Waals surface area (Å²) in [5, 5.41) is 6.83.